The molecule has 3 heterocycles. The van der Waals surface area contributed by atoms with E-state index in [2.05, 4.69) is 22.0 Å². The van der Waals surface area contributed by atoms with Gasteiger partial charge in [0.2, 0.25) is 0 Å². The van der Waals surface area contributed by atoms with Crippen molar-refractivity contribution in [2.45, 2.75) is 36.2 Å². The molecule has 4 rings (SSSR count). The molecule has 2 N–H and O–H groups in total. The SMILES string of the molecule is COc1ccc2ncc3c(c2c1)CC(N1CCC(N)CC1)CS3. The van der Waals surface area contributed by atoms with Crippen molar-refractivity contribution in [3.8, 4) is 5.75 Å². The van der Waals surface area contributed by atoms with E-state index in [4.69, 9.17) is 10.5 Å². The molecule has 1 saturated heterocycles. The summed E-state index contributed by atoms with van der Waals surface area (Å²) >= 11 is 1.94. The predicted molar refractivity (Wildman–Crippen MR) is 95.3 cm³/mol. The smallest absolute Gasteiger partial charge is 0.119 e. The zero-order valence-corrected chi connectivity index (χ0v) is 14.3. The van der Waals surface area contributed by atoms with Crippen molar-refractivity contribution < 1.29 is 4.74 Å². The highest BCUT2D eigenvalue weighted by atomic mass is 32.2. The first-order valence-electron chi connectivity index (χ1n) is 8.32. The predicted octanol–water partition coefficient (Wildman–Crippen LogP) is 2.68. The second kappa shape index (κ2) is 6.30. The van der Waals surface area contributed by atoms with Crippen molar-refractivity contribution in [3.63, 3.8) is 0 Å². The highest BCUT2D eigenvalue weighted by Gasteiger charge is 2.28. The molecule has 0 spiro atoms. The van der Waals surface area contributed by atoms with Crippen molar-refractivity contribution in [1.82, 2.24) is 9.88 Å². The Morgan fingerprint density at radius 3 is 2.91 bits per heavy atom. The Bertz CT molecular complexity index is 707. The zero-order valence-electron chi connectivity index (χ0n) is 13.5. The number of piperidine rings is 1. The first-order chi connectivity index (χ1) is 11.2. The Hall–Kier alpha value is -1.30. The number of fused-ring (bicyclic) bond motifs is 3. The van der Waals surface area contributed by atoms with E-state index < -0.39 is 0 Å². The van der Waals surface area contributed by atoms with E-state index in [9.17, 15) is 0 Å². The maximum atomic E-state index is 6.06. The molecule has 1 atom stereocenters. The van der Waals surface area contributed by atoms with Crippen LogP contribution in [0.4, 0.5) is 0 Å². The van der Waals surface area contributed by atoms with Gasteiger partial charge in [0, 0.05) is 34.3 Å². The van der Waals surface area contributed by atoms with Crippen LogP contribution in [0.3, 0.4) is 0 Å². The molecule has 23 heavy (non-hydrogen) atoms. The van der Waals surface area contributed by atoms with Crippen LogP contribution >= 0.6 is 11.8 Å². The van der Waals surface area contributed by atoms with E-state index in [1.807, 2.05) is 24.0 Å². The molecule has 122 valence electrons. The minimum absolute atomic E-state index is 0.393. The number of nitrogens with two attached hydrogens (primary N) is 1. The number of nitrogens with zero attached hydrogens (tertiary/aromatic N) is 2. The van der Waals surface area contributed by atoms with Crippen LogP contribution < -0.4 is 10.5 Å². The van der Waals surface area contributed by atoms with Crippen LogP contribution in [-0.2, 0) is 6.42 Å². The van der Waals surface area contributed by atoms with Gasteiger partial charge < -0.3 is 10.5 Å². The number of benzene rings is 1. The van der Waals surface area contributed by atoms with Gasteiger partial charge in [0.05, 0.1) is 12.6 Å². The van der Waals surface area contributed by atoms with Crippen molar-refractivity contribution in [2.24, 2.45) is 5.73 Å². The lowest BCUT2D eigenvalue weighted by Gasteiger charge is -2.38. The summed E-state index contributed by atoms with van der Waals surface area (Å²) in [7, 11) is 1.72. The van der Waals surface area contributed by atoms with E-state index in [1.54, 1.807) is 7.11 Å². The molecule has 0 radical (unpaired) electrons. The van der Waals surface area contributed by atoms with Crippen LogP contribution in [0, 0.1) is 0 Å². The monoisotopic (exact) mass is 329 g/mol. The molecule has 0 aliphatic carbocycles. The van der Waals surface area contributed by atoms with E-state index >= 15 is 0 Å². The standard InChI is InChI=1S/C18H23N3OS/c1-22-14-2-3-17-15(9-14)16-8-13(11-23-18(16)10-20-17)21-6-4-12(19)5-7-21/h2-3,9-10,12-13H,4-8,11,19H2,1H3. The molecular formula is C18H23N3OS. The van der Waals surface area contributed by atoms with Crippen molar-refractivity contribution in [2.75, 3.05) is 26.0 Å². The van der Waals surface area contributed by atoms with Crippen molar-refractivity contribution in [1.29, 1.82) is 0 Å². The van der Waals surface area contributed by atoms with E-state index in [-0.39, 0.29) is 0 Å². The van der Waals surface area contributed by atoms with Gasteiger partial charge in [-0.15, -0.1) is 11.8 Å². The Balaban J connectivity index is 1.65. The van der Waals surface area contributed by atoms with Crippen LogP contribution in [0.2, 0.25) is 0 Å². The Morgan fingerprint density at radius 2 is 2.13 bits per heavy atom. The first kappa shape index (κ1) is 15.2. The number of likely N-dealkylation sites (tertiary alicyclic amines) is 1. The maximum Gasteiger partial charge on any atom is 0.119 e. The zero-order chi connectivity index (χ0) is 15.8. The lowest BCUT2D eigenvalue weighted by molar-refractivity contribution is 0.163. The first-order valence-corrected chi connectivity index (χ1v) is 9.31. The lowest BCUT2D eigenvalue weighted by Crippen LogP contribution is -2.47. The van der Waals surface area contributed by atoms with Crippen molar-refractivity contribution in [3.05, 3.63) is 30.0 Å². The molecule has 0 bridgehead atoms. The number of hydrogen-bond donors (Lipinski definition) is 1. The number of methoxy groups -OCH3 is 1. The quantitative estimate of drug-likeness (QED) is 0.918. The number of ether oxygens (including phenoxy) is 1. The molecule has 2 aliphatic rings. The number of rotatable bonds is 2. The summed E-state index contributed by atoms with van der Waals surface area (Å²) in [5.41, 5.74) is 8.55. The topological polar surface area (TPSA) is 51.4 Å². The Kier molecular flexibility index (Phi) is 4.18. The minimum Gasteiger partial charge on any atom is -0.497 e. The summed E-state index contributed by atoms with van der Waals surface area (Å²) in [6, 6.07) is 7.18. The van der Waals surface area contributed by atoms with Gasteiger partial charge in [0.15, 0.2) is 0 Å². The molecular weight excluding hydrogens is 306 g/mol. The van der Waals surface area contributed by atoms with Crippen LogP contribution in [0.1, 0.15) is 18.4 Å². The number of hydrogen-bond acceptors (Lipinski definition) is 5. The van der Waals surface area contributed by atoms with Crippen LogP contribution in [0.25, 0.3) is 10.9 Å². The summed E-state index contributed by atoms with van der Waals surface area (Å²) < 4.78 is 5.41. The molecule has 1 fully saturated rings. The molecule has 1 aromatic carbocycles. The van der Waals surface area contributed by atoms with E-state index in [0.29, 0.717) is 12.1 Å². The van der Waals surface area contributed by atoms with Gasteiger partial charge in [-0.25, -0.2) is 0 Å². The third kappa shape index (κ3) is 2.93. The molecule has 1 aromatic heterocycles. The normalized spacial score (nSPS) is 23.0. The van der Waals surface area contributed by atoms with Gasteiger partial charge in [-0.3, -0.25) is 9.88 Å². The summed E-state index contributed by atoms with van der Waals surface area (Å²) in [4.78, 5) is 8.57. The Labute approximate surface area is 141 Å². The fraction of sp³-hybridized carbons (Fsp3) is 0.500. The van der Waals surface area contributed by atoms with Gasteiger partial charge in [-0.1, -0.05) is 0 Å². The molecule has 2 aromatic rings. The third-order valence-electron chi connectivity index (χ3n) is 5.11. The highest BCUT2D eigenvalue weighted by molar-refractivity contribution is 7.99. The summed E-state index contributed by atoms with van der Waals surface area (Å²) in [6.07, 6.45) is 5.39. The van der Waals surface area contributed by atoms with Crippen LogP contribution in [0.15, 0.2) is 29.3 Å². The number of thioether (sulfide) groups is 1. The number of pyridine rings is 1. The second-order valence-corrected chi connectivity index (χ2v) is 7.59. The summed E-state index contributed by atoms with van der Waals surface area (Å²) in [5.74, 6) is 2.06. The van der Waals surface area contributed by atoms with Gasteiger partial charge >= 0.3 is 0 Å². The fourth-order valence-electron chi connectivity index (χ4n) is 3.67. The highest BCUT2D eigenvalue weighted by Crippen LogP contribution is 2.37. The Morgan fingerprint density at radius 1 is 1.30 bits per heavy atom. The van der Waals surface area contributed by atoms with Crippen LogP contribution in [-0.4, -0.2) is 47.9 Å². The lowest BCUT2D eigenvalue weighted by atomic mass is 9.98. The summed E-state index contributed by atoms with van der Waals surface area (Å²) in [5, 5.41) is 1.24. The third-order valence-corrected chi connectivity index (χ3v) is 6.32. The molecule has 2 aliphatic heterocycles. The largest absolute Gasteiger partial charge is 0.497 e. The maximum absolute atomic E-state index is 6.06. The van der Waals surface area contributed by atoms with Gasteiger partial charge in [0.1, 0.15) is 5.75 Å². The molecule has 4 nitrogen and oxygen atoms in total. The average molecular weight is 329 g/mol. The molecule has 1 unspecified atom stereocenters. The molecule has 0 amide bonds. The second-order valence-electron chi connectivity index (χ2n) is 6.53. The number of aromatic nitrogens is 1. The van der Waals surface area contributed by atoms with Gasteiger partial charge in [-0.2, -0.15) is 0 Å². The summed E-state index contributed by atoms with van der Waals surface area (Å²) in [6.45, 7) is 2.27. The van der Waals surface area contributed by atoms with Gasteiger partial charge in [0.25, 0.3) is 0 Å². The minimum atomic E-state index is 0.393. The van der Waals surface area contributed by atoms with E-state index in [1.165, 1.54) is 15.8 Å². The van der Waals surface area contributed by atoms with Gasteiger partial charge in [-0.05, 0) is 56.1 Å². The van der Waals surface area contributed by atoms with E-state index in [0.717, 1.165) is 49.4 Å². The molecule has 0 saturated carbocycles. The van der Waals surface area contributed by atoms with Crippen LogP contribution in [0.5, 0.6) is 5.75 Å². The van der Waals surface area contributed by atoms with Crippen molar-refractivity contribution >= 4 is 22.7 Å². The molecule has 5 heteroatoms. The fourth-order valence-corrected chi connectivity index (χ4v) is 4.87. The average Bonchev–Trinajstić information content (AvgIpc) is 2.61.